The number of hydrogen-bond acceptors (Lipinski definition) is 3. The van der Waals surface area contributed by atoms with Crippen LogP contribution in [0.15, 0.2) is 71.5 Å². The van der Waals surface area contributed by atoms with E-state index in [1.54, 1.807) is 67.6 Å². The molecule has 0 bridgehead atoms. The van der Waals surface area contributed by atoms with E-state index >= 15 is 0 Å². The van der Waals surface area contributed by atoms with Gasteiger partial charge in [-0.3, -0.25) is 14.2 Å². The lowest BCUT2D eigenvalue weighted by molar-refractivity contribution is -0.115. The van der Waals surface area contributed by atoms with Crippen LogP contribution in [0.4, 0.5) is 5.69 Å². The summed E-state index contributed by atoms with van der Waals surface area (Å²) in [7, 11) is 0. The highest BCUT2D eigenvalue weighted by Crippen LogP contribution is 2.25. The van der Waals surface area contributed by atoms with Gasteiger partial charge in [-0.25, -0.2) is 4.98 Å². The normalized spacial score (nSPS) is 10.9. The van der Waals surface area contributed by atoms with Crippen molar-refractivity contribution in [1.82, 2.24) is 9.55 Å². The quantitative estimate of drug-likeness (QED) is 0.478. The Morgan fingerprint density at radius 1 is 1.03 bits per heavy atom. The van der Waals surface area contributed by atoms with Gasteiger partial charge in [0.05, 0.1) is 33.7 Å². The summed E-state index contributed by atoms with van der Waals surface area (Å²) in [6.45, 7) is 1.77. The SMILES string of the molecule is Cc1nc2ccccc2c(=O)n1-c1ccc(Cl)c(NC(=O)Cc2ccc(Cl)cc2)c1. The van der Waals surface area contributed by atoms with Gasteiger partial charge in [-0.1, -0.05) is 47.5 Å². The molecule has 1 aromatic heterocycles. The summed E-state index contributed by atoms with van der Waals surface area (Å²) in [6, 6.07) is 19.3. The summed E-state index contributed by atoms with van der Waals surface area (Å²) < 4.78 is 1.51. The van der Waals surface area contributed by atoms with Crippen molar-refractivity contribution < 1.29 is 4.79 Å². The highest BCUT2D eigenvalue weighted by atomic mass is 35.5. The molecule has 0 fully saturated rings. The molecule has 3 aromatic carbocycles. The largest absolute Gasteiger partial charge is 0.324 e. The molecule has 0 aliphatic carbocycles. The van der Waals surface area contributed by atoms with Gasteiger partial charge >= 0.3 is 0 Å². The lowest BCUT2D eigenvalue weighted by Gasteiger charge is -2.14. The maximum atomic E-state index is 13.0. The lowest BCUT2D eigenvalue weighted by atomic mass is 10.1. The van der Waals surface area contributed by atoms with Crippen LogP contribution in [0.2, 0.25) is 10.0 Å². The fraction of sp³-hybridized carbons (Fsp3) is 0.0870. The summed E-state index contributed by atoms with van der Waals surface area (Å²) in [4.78, 5) is 30.0. The number of para-hydroxylation sites is 1. The predicted octanol–water partition coefficient (Wildman–Crippen LogP) is 5.18. The highest BCUT2D eigenvalue weighted by Gasteiger charge is 2.13. The molecule has 1 heterocycles. The Labute approximate surface area is 182 Å². The predicted molar refractivity (Wildman–Crippen MR) is 121 cm³/mol. The monoisotopic (exact) mass is 437 g/mol. The number of hydrogen-bond donors (Lipinski definition) is 1. The Kier molecular flexibility index (Phi) is 5.57. The molecular formula is C23H17Cl2N3O2. The molecule has 150 valence electrons. The third-order valence-corrected chi connectivity index (χ3v) is 5.29. The van der Waals surface area contributed by atoms with Crippen LogP contribution in [0.5, 0.6) is 0 Å². The molecule has 4 aromatic rings. The van der Waals surface area contributed by atoms with Gasteiger partial charge < -0.3 is 5.32 Å². The van der Waals surface area contributed by atoms with Gasteiger partial charge in [0, 0.05) is 5.02 Å². The molecule has 5 nitrogen and oxygen atoms in total. The Hall–Kier alpha value is -3.15. The number of benzene rings is 3. The molecule has 1 N–H and O–H groups in total. The molecule has 30 heavy (non-hydrogen) atoms. The summed E-state index contributed by atoms with van der Waals surface area (Å²) in [5.74, 6) is 0.316. The third kappa shape index (κ3) is 4.08. The summed E-state index contributed by atoms with van der Waals surface area (Å²) in [6.07, 6.45) is 0.175. The van der Waals surface area contributed by atoms with Crippen molar-refractivity contribution in [2.24, 2.45) is 0 Å². The van der Waals surface area contributed by atoms with Crippen molar-refractivity contribution in [1.29, 1.82) is 0 Å². The van der Waals surface area contributed by atoms with Crippen LogP contribution in [-0.4, -0.2) is 15.5 Å². The zero-order valence-corrected chi connectivity index (χ0v) is 17.5. The Bertz CT molecular complexity index is 1310. The summed E-state index contributed by atoms with van der Waals surface area (Å²) in [5, 5.41) is 4.33. The molecule has 0 spiro atoms. The number of halogens is 2. The Balaban J connectivity index is 1.67. The van der Waals surface area contributed by atoms with Crippen molar-refractivity contribution in [3.05, 3.63) is 98.5 Å². The molecule has 0 aliphatic rings. The molecule has 0 aliphatic heterocycles. The number of carbonyl (C=O) groups excluding carboxylic acids is 1. The van der Waals surface area contributed by atoms with Gasteiger partial charge in [0.15, 0.2) is 0 Å². The van der Waals surface area contributed by atoms with Gasteiger partial charge in [0.2, 0.25) is 5.91 Å². The molecule has 1 amide bonds. The fourth-order valence-electron chi connectivity index (χ4n) is 3.28. The average Bonchev–Trinajstić information content (AvgIpc) is 2.72. The number of nitrogens with zero attached hydrogens (tertiary/aromatic N) is 2. The van der Waals surface area contributed by atoms with Crippen LogP contribution in [0.1, 0.15) is 11.4 Å². The maximum Gasteiger partial charge on any atom is 0.265 e. The van der Waals surface area contributed by atoms with Crippen LogP contribution in [0, 0.1) is 6.92 Å². The van der Waals surface area contributed by atoms with E-state index in [-0.39, 0.29) is 17.9 Å². The van der Waals surface area contributed by atoms with E-state index < -0.39 is 0 Å². The second-order valence-electron chi connectivity index (χ2n) is 6.83. The van der Waals surface area contributed by atoms with Gasteiger partial charge in [-0.15, -0.1) is 0 Å². The Morgan fingerprint density at radius 2 is 1.77 bits per heavy atom. The molecular weight excluding hydrogens is 421 g/mol. The second-order valence-corrected chi connectivity index (χ2v) is 7.68. The van der Waals surface area contributed by atoms with Crippen LogP contribution in [-0.2, 0) is 11.2 Å². The van der Waals surface area contributed by atoms with Gasteiger partial charge in [-0.2, -0.15) is 0 Å². The van der Waals surface area contributed by atoms with E-state index in [1.165, 1.54) is 4.57 Å². The second kappa shape index (κ2) is 8.30. The molecule has 4 rings (SSSR count). The number of aryl methyl sites for hydroxylation is 1. The number of nitrogens with one attached hydrogen (secondary N) is 1. The minimum absolute atomic E-state index is 0.175. The van der Waals surface area contributed by atoms with Crippen LogP contribution >= 0.6 is 23.2 Å². The van der Waals surface area contributed by atoms with Crippen molar-refractivity contribution in [3.8, 4) is 5.69 Å². The van der Waals surface area contributed by atoms with E-state index in [4.69, 9.17) is 23.2 Å². The molecule has 0 saturated heterocycles. The first-order valence-corrected chi connectivity index (χ1v) is 10.0. The summed E-state index contributed by atoms with van der Waals surface area (Å²) >= 11 is 12.2. The standard InChI is InChI=1S/C23H17Cl2N3O2/c1-14-26-20-5-3-2-4-18(20)23(30)28(14)17-10-11-19(25)21(13-17)27-22(29)12-15-6-8-16(24)9-7-15/h2-11,13H,12H2,1H3,(H,27,29). The number of rotatable bonds is 4. The van der Waals surface area contributed by atoms with Crippen LogP contribution in [0.3, 0.4) is 0 Å². The van der Waals surface area contributed by atoms with Crippen LogP contribution in [0.25, 0.3) is 16.6 Å². The topological polar surface area (TPSA) is 64.0 Å². The molecule has 7 heteroatoms. The van der Waals surface area contributed by atoms with E-state index in [2.05, 4.69) is 10.3 Å². The minimum atomic E-state index is -0.225. The van der Waals surface area contributed by atoms with Crippen LogP contribution < -0.4 is 10.9 Å². The van der Waals surface area contributed by atoms with E-state index in [1.807, 2.05) is 6.07 Å². The fourth-order valence-corrected chi connectivity index (χ4v) is 3.57. The lowest BCUT2D eigenvalue weighted by Crippen LogP contribution is -2.22. The van der Waals surface area contributed by atoms with Gasteiger partial charge in [0.25, 0.3) is 5.56 Å². The molecule has 0 atom stereocenters. The number of anilines is 1. The van der Waals surface area contributed by atoms with E-state index in [0.717, 1.165) is 5.56 Å². The first-order valence-electron chi connectivity index (χ1n) is 9.25. The van der Waals surface area contributed by atoms with E-state index in [0.29, 0.717) is 38.1 Å². The number of aromatic nitrogens is 2. The zero-order chi connectivity index (χ0) is 21.3. The number of amides is 1. The van der Waals surface area contributed by atoms with Crippen molar-refractivity contribution in [2.75, 3.05) is 5.32 Å². The van der Waals surface area contributed by atoms with Gasteiger partial charge in [-0.05, 0) is 55.0 Å². The summed E-state index contributed by atoms with van der Waals surface area (Å²) in [5.41, 5.74) is 2.28. The number of carbonyl (C=O) groups is 1. The number of fused-ring (bicyclic) bond motifs is 1. The first kappa shape index (κ1) is 20.1. The third-order valence-electron chi connectivity index (χ3n) is 4.70. The van der Waals surface area contributed by atoms with Crippen molar-refractivity contribution >= 4 is 45.7 Å². The minimum Gasteiger partial charge on any atom is -0.324 e. The van der Waals surface area contributed by atoms with Crippen molar-refractivity contribution in [3.63, 3.8) is 0 Å². The maximum absolute atomic E-state index is 13.0. The van der Waals surface area contributed by atoms with Crippen molar-refractivity contribution in [2.45, 2.75) is 13.3 Å². The Morgan fingerprint density at radius 3 is 2.53 bits per heavy atom. The molecule has 0 unspecified atom stereocenters. The smallest absolute Gasteiger partial charge is 0.265 e. The molecule has 0 radical (unpaired) electrons. The highest BCUT2D eigenvalue weighted by molar-refractivity contribution is 6.33. The molecule has 0 saturated carbocycles. The average molecular weight is 438 g/mol. The first-order chi connectivity index (χ1) is 14.4. The van der Waals surface area contributed by atoms with E-state index in [9.17, 15) is 9.59 Å². The van der Waals surface area contributed by atoms with Gasteiger partial charge in [0.1, 0.15) is 5.82 Å². The zero-order valence-electron chi connectivity index (χ0n) is 16.0.